The number of rotatable bonds is 5. The third-order valence-corrected chi connectivity index (χ3v) is 3.23. The van der Waals surface area contributed by atoms with Crippen molar-refractivity contribution in [3.05, 3.63) is 52.8 Å². The number of carbonyl (C=O) groups is 2. The molecule has 2 aromatic rings. The van der Waals surface area contributed by atoms with Crippen molar-refractivity contribution in [2.75, 3.05) is 11.9 Å². The minimum atomic E-state index is -0.433. The number of carbonyl (C=O) groups excluding carboxylic acids is 2. The molecular formula is C15H15BrN2O3. The lowest BCUT2D eigenvalue weighted by molar-refractivity contribution is -0.116. The SMILES string of the molecule is CCOC(=O)c1cccn1CC(=O)Nc1cccc(Br)c1. The van der Waals surface area contributed by atoms with Crippen LogP contribution in [0.25, 0.3) is 0 Å². The topological polar surface area (TPSA) is 60.3 Å². The van der Waals surface area contributed by atoms with Crippen LogP contribution < -0.4 is 5.32 Å². The Balaban J connectivity index is 2.03. The Morgan fingerprint density at radius 2 is 2.10 bits per heavy atom. The van der Waals surface area contributed by atoms with Crippen LogP contribution in [0.15, 0.2) is 47.1 Å². The Hall–Kier alpha value is -2.08. The summed E-state index contributed by atoms with van der Waals surface area (Å²) in [6, 6.07) is 10.6. The summed E-state index contributed by atoms with van der Waals surface area (Å²) in [4.78, 5) is 23.8. The van der Waals surface area contributed by atoms with E-state index in [9.17, 15) is 9.59 Å². The number of esters is 1. The quantitative estimate of drug-likeness (QED) is 0.843. The third-order valence-electron chi connectivity index (χ3n) is 2.74. The summed E-state index contributed by atoms with van der Waals surface area (Å²) in [6.45, 7) is 2.09. The van der Waals surface area contributed by atoms with Crippen LogP contribution in [0.2, 0.25) is 0 Å². The van der Waals surface area contributed by atoms with Gasteiger partial charge in [-0.2, -0.15) is 0 Å². The average Bonchev–Trinajstić information content (AvgIpc) is 2.87. The fourth-order valence-electron chi connectivity index (χ4n) is 1.86. The minimum absolute atomic E-state index is 0.0493. The van der Waals surface area contributed by atoms with E-state index in [0.717, 1.165) is 4.47 Å². The molecule has 0 aliphatic carbocycles. The standard InChI is InChI=1S/C15H15BrN2O3/c1-2-21-15(20)13-7-4-8-18(13)10-14(19)17-12-6-3-5-11(16)9-12/h3-9H,2,10H2,1H3,(H,17,19). The van der Waals surface area contributed by atoms with Gasteiger partial charge in [-0.25, -0.2) is 4.79 Å². The molecule has 0 aliphatic rings. The normalized spacial score (nSPS) is 10.2. The fourth-order valence-corrected chi connectivity index (χ4v) is 2.26. The number of anilines is 1. The molecule has 0 spiro atoms. The number of nitrogens with zero attached hydrogens (tertiary/aromatic N) is 1. The molecule has 1 heterocycles. The highest BCUT2D eigenvalue weighted by Gasteiger charge is 2.14. The van der Waals surface area contributed by atoms with Gasteiger partial charge < -0.3 is 14.6 Å². The highest BCUT2D eigenvalue weighted by Crippen LogP contribution is 2.15. The van der Waals surface area contributed by atoms with Crippen molar-refractivity contribution in [1.29, 1.82) is 0 Å². The van der Waals surface area contributed by atoms with Gasteiger partial charge in [0.05, 0.1) is 6.61 Å². The van der Waals surface area contributed by atoms with E-state index in [2.05, 4.69) is 21.2 Å². The van der Waals surface area contributed by atoms with Crippen LogP contribution >= 0.6 is 15.9 Å². The van der Waals surface area contributed by atoms with Gasteiger partial charge in [0, 0.05) is 16.4 Å². The molecule has 0 saturated carbocycles. The number of nitrogens with one attached hydrogen (secondary N) is 1. The van der Waals surface area contributed by atoms with Crippen molar-refractivity contribution in [3.8, 4) is 0 Å². The van der Waals surface area contributed by atoms with Crippen molar-refractivity contribution >= 4 is 33.5 Å². The maximum Gasteiger partial charge on any atom is 0.354 e. The van der Waals surface area contributed by atoms with Crippen LogP contribution in [0.5, 0.6) is 0 Å². The first-order valence-corrected chi connectivity index (χ1v) is 7.27. The van der Waals surface area contributed by atoms with Gasteiger partial charge >= 0.3 is 5.97 Å². The molecule has 6 heteroatoms. The van der Waals surface area contributed by atoms with Gasteiger partial charge in [-0.3, -0.25) is 4.79 Å². The Morgan fingerprint density at radius 3 is 2.81 bits per heavy atom. The van der Waals surface area contributed by atoms with Gasteiger partial charge in [-0.05, 0) is 37.3 Å². The summed E-state index contributed by atoms with van der Waals surface area (Å²) < 4.78 is 7.39. The zero-order valence-corrected chi connectivity index (χ0v) is 13.1. The van der Waals surface area contributed by atoms with Crippen molar-refractivity contribution < 1.29 is 14.3 Å². The molecule has 1 amide bonds. The van der Waals surface area contributed by atoms with Gasteiger partial charge in [-0.15, -0.1) is 0 Å². The predicted octanol–water partition coefficient (Wildman–Crippen LogP) is 3.07. The molecule has 21 heavy (non-hydrogen) atoms. The highest BCUT2D eigenvalue weighted by atomic mass is 79.9. The van der Waals surface area contributed by atoms with Crippen LogP contribution in [0.3, 0.4) is 0 Å². The van der Waals surface area contributed by atoms with E-state index < -0.39 is 5.97 Å². The summed E-state index contributed by atoms with van der Waals surface area (Å²) in [7, 11) is 0. The second-order valence-electron chi connectivity index (χ2n) is 4.30. The van der Waals surface area contributed by atoms with Gasteiger partial charge in [0.25, 0.3) is 0 Å². The molecule has 0 fully saturated rings. The van der Waals surface area contributed by atoms with Gasteiger partial charge in [0.15, 0.2) is 0 Å². The van der Waals surface area contributed by atoms with Crippen molar-refractivity contribution in [1.82, 2.24) is 4.57 Å². The van der Waals surface area contributed by atoms with E-state index in [1.807, 2.05) is 12.1 Å². The monoisotopic (exact) mass is 350 g/mol. The first-order valence-electron chi connectivity index (χ1n) is 6.48. The number of hydrogen-bond donors (Lipinski definition) is 1. The Bertz CT molecular complexity index is 652. The lowest BCUT2D eigenvalue weighted by Crippen LogP contribution is -2.21. The molecule has 1 aromatic carbocycles. The smallest absolute Gasteiger partial charge is 0.354 e. The zero-order valence-electron chi connectivity index (χ0n) is 11.5. The predicted molar refractivity (Wildman–Crippen MR) is 83.2 cm³/mol. The molecule has 0 unspecified atom stereocenters. The maximum atomic E-state index is 12.0. The zero-order chi connectivity index (χ0) is 15.2. The maximum absolute atomic E-state index is 12.0. The largest absolute Gasteiger partial charge is 0.461 e. The number of amides is 1. The first kappa shape index (κ1) is 15.3. The molecule has 2 rings (SSSR count). The molecule has 0 aliphatic heterocycles. The Kier molecular flexibility index (Phi) is 5.16. The molecular weight excluding hydrogens is 336 g/mol. The molecule has 0 saturated heterocycles. The minimum Gasteiger partial charge on any atom is -0.461 e. The van der Waals surface area contributed by atoms with Crippen LogP contribution in [0.1, 0.15) is 17.4 Å². The number of aromatic nitrogens is 1. The van der Waals surface area contributed by atoms with E-state index >= 15 is 0 Å². The Labute approximate surface area is 131 Å². The number of benzene rings is 1. The summed E-state index contributed by atoms with van der Waals surface area (Å²) in [5.74, 6) is -0.646. The van der Waals surface area contributed by atoms with Crippen molar-refractivity contribution in [2.45, 2.75) is 13.5 Å². The van der Waals surface area contributed by atoms with E-state index in [0.29, 0.717) is 18.0 Å². The fraction of sp³-hybridized carbons (Fsp3) is 0.200. The number of halogens is 1. The third kappa shape index (κ3) is 4.19. The summed E-state index contributed by atoms with van der Waals surface area (Å²) in [5.41, 5.74) is 1.06. The van der Waals surface area contributed by atoms with Gasteiger partial charge in [-0.1, -0.05) is 22.0 Å². The molecule has 0 bridgehead atoms. The van der Waals surface area contributed by atoms with Crippen LogP contribution in [-0.2, 0) is 16.1 Å². The van der Waals surface area contributed by atoms with Gasteiger partial charge in [0.2, 0.25) is 5.91 Å². The van der Waals surface area contributed by atoms with Gasteiger partial charge in [0.1, 0.15) is 12.2 Å². The molecule has 1 aromatic heterocycles. The first-order chi connectivity index (χ1) is 10.1. The summed E-state index contributed by atoms with van der Waals surface area (Å²) in [6.07, 6.45) is 1.67. The van der Waals surface area contributed by atoms with E-state index in [1.165, 1.54) is 0 Å². The van der Waals surface area contributed by atoms with E-state index in [4.69, 9.17) is 4.74 Å². The Morgan fingerprint density at radius 1 is 1.29 bits per heavy atom. The molecule has 1 N–H and O–H groups in total. The second kappa shape index (κ2) is 7.08. The lowest BCUT2D eigenvalue weighted by atomic mass is 10.3. The summed E-state index contributed by atoms with van der Waals surface area (Å²) >= 11 is 3.34. The number of ether oxygens (including phenoxy) is 1. The van der Waals surface area contributed by atoms with Crippen molar-refractivity contribution in [3.63, 3.8) is 0 Å². The van der Waals surface area contributed by atoms with Crippen LogP contribution in [-0.4, -0.2) is 23.1 Å². The molecule has 110 valence electrons. The number of hydrogen-bond acceptors (Lipinski definition) is 3. The van der Waals surface area contributed by atoms with E-state index in [-0.39, 0.29) is 12.5 Å². The summed E-state index contributed by atoms with van der Waals surface area (Å²) in [5, 5.41) is 2.78. The van der Waals surface area contributed by atoms with E-state index in [1.54, 1.807) is 42.0 Å². The average molecular weight is 351 g/mol. The molecule has 5 nitrogen and oxygen atoms in total. The van der Waals surface area contributed by atoms with Crippen LogP contribution in [0.4, 0.5) is 5.69 Å². The van der Waals surface area contributed by atoms with Crippen molar-refractivity contribution in [2.24, 2.45) is 0 Å². The molecule has 0 atom stereocenters. The second-order valence-corrected chi connectivity index (χ2v) is 5.22. The van der Waals surface area contributed by atoms with Crippen LogP contribution in [0, 0.1) is 0 Å². The lowest BCUT2D eigenvalue weighted by Gasteiger charge is -2.09. The highest BCUT2D eigenvalue weighted by molar-refractivity contribution is 9.10. The molecule has 0 radical (unpaired) electrons.